The Morgan fingerprint density at radius 1 is 1.44 bits per heavy atom. The zero-order valence-electron chi connectivity index (χ0n) is 10.5. The smallest absolute Gasteiger partial charge is 0.236 e. The van der Waals surface area contributed by atoms with Gasteiger partial charge in [-0.1, -0.05) is 0 Å². The molecule has 0 aliphatic carbocycles. The molecular formula is C13H16FN3O. The quantitative estimate of drug-likeness (QED) is 0.862. The Morgan fingerprint density at radius 3 is 2.94 bits per heavy atom. The number of nitrogens with one attached hydrogen (secondary N) is 2. The highest BCUT2D eigenvalue weighted by atomic mass is 19.1. The van der Waals surface area contributed by atoms with Crippen molar-refractivity contribution in [2.24, 2.45) is 0 Å². The number of nitrogens with zero attached hydrogens (tertiary/aromatic N) is 1. The molecule has 0 spiro atoms. The van der Waals surface area contributed by atoms with Crippen LogP contribution in [0.3, 0.4) is 0 Å². The number of likely N-dealkylation sites (N-methyl/N-ethyl adjacent to an activating group) is 2. The van der Waals surface area contributed by atoms with Gasteiger partial charge in [-0.25, -0.2) is 4.39 Å². The number of benzene rings is 1. The lowest BCUT2D eigenvalue weighted by Crippen LogP contribution is -2.33. The predicted molar refractivity (Wildman–Crippen MR) is 68.7 cm³/mol. The minimum atomic E-state index is -0.257. The van der Waals surface area contributed by atoms with Gasteiger partial charge in [0.25, 0.3) is 0 Å². The number of H-pyrrole nitrogens is 1. The van der Waals surface area contributed by atoms with Crippen LogP contribution in [0.4, 0.5) is 4.39 Å². The second-order valence-corrected chi connectivity index (χ2v) is 4.31. The molecule has 0 atom stereocenters. The van der Waals surface area contributed by atoms with Crippen LogP contribution in [0.1, 0.15) is 5.69 Å². The SMILES string of the molecule is CNCC(=O)N(C)Cc1cc2cc(F)ccc2[nH]1. The van der Waals surface area contributed by atoms with E-state index in [-0.39, 0.29) is 11.7 Å². The van der Waals surface area contributed by atoms with Crippen molar-refractivity contribution in [3.8, 4) is 0 Å². The number of amides is 1. The van der Waals surface area contributed by atoms with E-state index >= 15 is 0 Å². The molecule has 1 heterocycles. The number of halogens is 1. The fourth-order valence-corrected chi connectivity index (χ4v) is 1.88. The van der Waals surface area contributed by atoms with Crippen LogP contribution in [0, 0.1) is 5.82 Å². The largest absolute Gasteiger partial charge is 0.357 e. The molecule has 0 aliphatic heterocycles. The highest BCUT2D eigenvalue weighted by molar-refractivity contribution is 5.81. The first-order chi connectivity index (χ1) is 8.60. The molecule has 0 unspecified atom stereocenters. The predicted octanol–water partition coefficient (Wildman–Crippen LogP) is 1.48. The van der Waals surface area contributed by atoms with Crippen LogP contribution in [0.2, 0.25) is 0 Å². The Hall–Kier alpha value is -1.88. The van der Waals surface area contributed by atoms with Gasteiger partial charge in [-0.3, -0.25) is 4.79 Å². The molecule has 18 heavy (non-hydrogen) atoms. The highest BCUT2D eigenvalue weighted by Gasteiger charge is 2.09. The minimum Gasteiger partial charge on any atom is -0.357 e. The number of carbonyl (C=O) groups excluding carboxylic acids is 1. The van der Waals surface area contributed by atoms with Gasteiger partial charge in [0.2, 0.25) is 5.91 Å². The van der Waals surface area contributed by atoms with Gasteiger partial charge in [0.05, 0.1) is 13.1 Å². The van der Waals surface area contributed by atoms with Crippen molar-refractivity contribution in [2.75, 3.05) is 20.6 Å². The number of fused-ring (bicyclic) bond motifs is 1. The topological polar surface area (TPSA) is 48.1 Å². The molecule has 0 saturated heterocycles. The summed E-state index contributed by atoms with van der Waals surface area (Å²) in [6.07, 6.45) is 0. The van der Waals surface area contributed by atoms with E-state index in [1.165, 1.54) is 12.1 Å². The summed E-state index contributed by atoms with van der Waals surface area (Å²) in [5, 5.41) is 3.64. The third-order valence-electron chi connectivity index (χ3n) is 2.80. The van der Waals surface area contributed by atoms with Gasteiger partial charge in [0, 0.05) is 23.6 Å². The monoisotopic (exact) mass is 249 g/mol. The highest BCUT2D eigenvalue weighted by Crippen LogP contribution is 2.17. The van der Waals surface area contributed by atoms with E-state index in [4.69, 9.17) is 0 Å². The standard InChI is InChI=1S/C13H16FN3O/c1-15-7-13(18)17(2)8-11-6-9-5-10(14)3-4-12(9)16-11/h3-6,15-16H,7-8H2,1-2H3. The van der Waals surface area contributed by atoms with Crippen molar-refractivity contribution in [3.63, 3.8) is 0 Å². The summed E-state index contributed by atoms with van der Waals surface area (Å²) in [5.41, 5.74) is 1.77. The van der Waals surface area contributed by atoms with Gasteiger partial charge in [-0.15, -0.1) is 0 Å². The van der Waals surface area contributed by atoms with Crippen LogP contribution in [0.5, 0.6) is 0 Å². The summed E-state index contributed by atoms with van der Waals surface area (Å²) < 4.78 is 13.1. The molecule has 0 fully saturated rings. The molecule has 4 nitrogen and oxygen atoms in total. The Bertz CT molecular complexity index is 564. The van der Waals surface area contributed by atoms with Crippen LogP contribution >= 0.6 is 0 Å². The van der Waals surface area contributed by atoms with E-state index < -0.39 is 0 Å². The molecule has 2 rings (SSSR count). The average Bonchev–Trinajstić information content (AvgIpc) is 2.70. The van der Waals surface area contributed by atoms with Crippen LogP contribution in [0.15, 0.2) is 24.3 Å². The minimum absolute atomic E-state index is 0.0161. The zero-order valence-corrected chi connectivity index (χ0v) is 10.5. The number of aromatic nitrogens is 1. The molecule has 2 N–H and O–H groups in total. The molecule has 96 valence electrons. The Morgan fingerprint density at radius 2 is 2.22 bits per heavy atom. The van der Waals surface area contributed by atoms with Crippen LogP contribution in [-0.4, -0.2) is 36.4 Å². The zero-order chi connectivity index (χ0) is 13.1. The Labute approximate surface area is 105 Å². The van der Waals surface area contributed by atoms with Gasteiger partial charge in [0.15, 0.2) is 0 Å². The van der Waals surface area contributed by atoms with Crippen molar-refractivity contribution in [1.82, 2.24) is 15.2 Å². The van der Waals surface area contributed by atoms with E-state index in [0.717, 1.165) is 16.6 Å². The molecular weight excluding hydrogens is 233 g/mol. The summed E-state index contributed by atoms with van der Waals surface area (Å²) >= 11 is 0. The Kier molecular flexibility index (Phi) is 3.62. The molecule has 0 radical (unpaired) electrons. The van der Waals surface area contributed by atoms with E-state index in [0.29, 0.717) is 13.1 Å². The first-order valence-corrected chi connectivity index (χ1v) is 5.76. The summed E-state index contributed by atoms with van der Waals surface area (Å²) in [7, 11) is 3.48. The maximum atomic E-state index is 13.1. The van der Waals surface area contributed by atoms with Crippen molar-refractivity contribution in [2.45, 2.75) is 6.54 Å². The summed E-state index contributed by atoms with van der Waals surface area (Å²) in [4.78, 5) is 16.4. The van der Waals surface area contributed by atoms with E-state index in [2.05, 4.69) is 10.3 Å². The van der Waals surface area contributed by atoms with Gasteiger partial charge < -0.3 is 15.2 Å². The molecule has 1 amide bonds. The van der Waals surface area contributed by atoms with E-state index in [9.17, 15) is 9.18 Å². The van der Waals surface area contributed by atoms with Crippen molar-refractivity contribution in [3.05, 3.63) is 35.8 Å². The molecule has 0 aliphatic rings. The summed E-state index contributed by atoms with van der Waals surface area (Å²) in [5.74, 6) is -0.241. The molecule has 0 saturated carbocycles. The van der Waals surface area contributed by atoms with Crippen LogP contribution < -0.4 is 5.32 Å². The van der Waals surface area contributed by atoms with E-state index in [1.54, 1.807) is 25.1 Å². The lowest BCUT2D eigenvalue weighted by molar-refractivity contribution is -0.129. The molecule has 0 bridgehead atoms. The number of carbonyl (C=O) groups is 1. The van der Waals surface area contributed by atoms with Crippen molar-refractivity contribution >= 4 is 16.8 Å². The summed E-state index contributed by atoms with van der Waals surface area (Å²) in [6, 6.07) is 6.45. The third kappa shape index (κ3) is 2.68. The number of aromatic amines is 1. The van der Waals surface area contributed by atoms with Crippen molar-refractivity contribution < 1.29 is 9.18 Å². The molecule has 5 heteroatoms. The first-order valence-electron chi connectivity index (χ1n) is 5.76. The van der Waals surface area contributed by atoms with E-state index in [1.807, 2.05) is 6.07 Å². The average molecular weight is 249 g/mol. The van der Waals surface area contributed by atoms with Crippen LogP contribution in [-0.2, 0) is 11.3 Å². The fourth-order valence-electron chi connectivity index (χ4n) is 1.88. The maximum absolute atomic E-state index is 13.1. The number of hydrogen-bond donors (Lipinski definition) is 2. The molecule has 2 aromatic rings. The lowest BCUT2D eigenvalue weighted by Gasteiger charge is -2.15. The number of hydrogen-bond acceptors (Lipinski definition) is 2. The molecule has 1 aromatic carbocycles. The summed E-state index contributed by atoms with van der Waals surface area (Å²) in [6.45, 7) is 0.794. The first kappa shape index (κ1) is 12.6. The van der Waals surface area contributed by atoms with Gasteiger partial charge in [-0.05, 0) is 31.3 Å². The Balaban J connectivity index is 2.14. The molecule has 1 aromatic heterocycles. The fraction of sp³-hybridized carbons (Fsp3) is 0.308. The van der Waals surface area contributed by atoms with Gasteiger partial charge >= 0.3 is 0 Å². The van der Waals surface area contributed by atoms with Crippen LogP contribution in [0.25, 0.3) is 10.9 Å². The third-order valence-corrected chi connectivity index (χ3v) is 2.80. The van der Waals surface area contributed by atoms with Gasteiger partial charge in [0.1, 0.15) is 5.82 Å². The van der Waals surface area contributed by atoms with Gasteiger partial charge in [-0.2, -0.15) is 0 Å². The second-order valence-electron chi connectivity index (χ2n) is 4.31. The maximum Gasteiger partial charge on any atom is 0.236 e. The number of rotatable bonds is 4. The second kappa shape index (κ2) is 5.18. The normalized spacial score (nSPS) is 10.8. The van der Waals surface area contributed by atoms with Crippen molar-refractivity contribution in [1.29, 1.82) is 0 Å². The lowest BCUT2D eigenvalue weighted by atomic mass is 10.2.